The molecule has 0 amide bonds. The first-order valence-corrected chi connectivity index (χ1v) is 10.8. The molecule has 7 heteroatoms. The fraction of sp³-hybridized carbons (Fsp3) is 0.304. The van der Waals surface area contributed by atoms with Crippen molar-refractivity contribution in [3.05, 3.63) is 75.0 Å². The first kappa shape index (κ1) is 20.8. The smallest absolute Gasteiger partial charge is 0.253 e. The highest BCUT2D eigenvalue weighted by Gasteiger charge is 2.22. The molecule has 0 saturated carbocycles. The number of para-hydroxylation sites is 1. The van der Waals surface area contributed by atoms with Gasteiger partial charge in [-0.25, -0.2) is 0 Å². The highest BCUT2D eigenvalue weighted by atomic mass is 35.5. The average molecular weight is 442 g/mol. The van der Waals surface area contributed by atoms with Crippen LogP contribution in [0.4, 0.5) is 5.69 Å². The van der Waals surface area contributed by atoms with Crippen LogP contribution in [0.3, 0.4) is 0 Å². The number of H-pyrrole nitrogens is 1. The summed E-state index contributed by atoms with van der Waals surface area (Å²) < 4.78 is 5.82. The summed E-state index contributed by atoms with van der Waals surface area (Å²) >= 11 is 11.8. The normalized spacial score (nSPS) is 16.0. The van der Waals surface area contributed by atoms with Crippen molar-refractivity contribution in [1.82, 2.24) is 9.88 Å². The molecule has 3 aromatic rings. The van der Waals surface area contributed by atoms with Gasteiger partial charge in [0.15, 0.2) is 5.11 Å². The molecule has 2 heterocycles. The van der Waals surface area contributed by atoms with Crippen LogP contribution >= 0.6 is 23.8 Å². The lowest BCUT2D eigenvalue weighted by atomic mass is 10.1. The number of aromatic nitrogens is 1. The van der Waals surface area contributed by atoms with Gasteiger partial charge in [0.2, 0.25) is 0 Å². The monoisotopic (exact) mass is 441 g/mol. The Kier molecular flexibility index (Phi) is 6.37. The minimum absolute atomic E-state index is 0.0975. The quantitative estimate of drug-likeness (QED) is 0.553. The number of anilines is 1. The van der Waals surface area contributed by atoms with Crippen molar-refractivity contribution in [3.8, 4) is 0 Å². The maximum absolute atomic E-state index is 12.8. The second kappa shape index (κ2) is 9.16. The number of fused-ring (bicyclic) bond motifs is 1. The maximum atomic E-state index is 12.8. The molecule has 2 N–H and O–H groups in total. The summed E-state index contributed by atoms with van der Waals surface area (Å²) in [5.41, 5.74) is 3.30. The lowest BCUT2D eigenvalue weighted by Gasteiger charge is -2.28. The van der Waals surface area contributed by atoms with E-state index in [1.807, 2.05) is 60.4 Å². The van der Waals surface area contributed by atoms with E-state index in [0.29, 0.717) is 28.8 Å². The summed E-state index contributed by atoms with van der Waals surface area (Å²) in [5.74, 6) is 0. The number of aryl methyl sites for hydroxylation is 1. The number of nitrogens with zero attached hydrogens (tertiary/aromatic N) is 1. The number of pyridine rings is 1. The van der Waals surface area contributed by atoms with Crippen LogP contribution in [0.1, 0.15) is 24.0 Å². The van der Waals surface area contributed by atoms with Crippen LogP contribution in [-0.2, 0) is 11.3 Å². The zero-order valence-corrected chi connectivity index (χ0v) is 18.4. The van der Waals surface area contributed by atoms with Crippen LogP contribution in [0.25, 0.3) is 10.9 Å². The summed E-state index contributed by atoms with van der Waals surface area (Å²) in [4.78, 5) is 17.8. The molecular weight excluding hydrogens is 418 g/mol. The van der Waals surface area contributed by atoms with E-state index in [9.17, 15) is 4.79 Å². The molecule has 2 aromatic carbocycles. The van der Waals surface area contributed by atoms with E-state index in [1.165, 1.54) is 0 Å². The number of ether oxygens (including phenoxy) is 1. The van der Waals surface area contributed by atoms with Crippen LogP contribution in [0.15, 0.2) is 53.3 Å². The number of rotatable bonds is 5. The zero-order valence-electron chi connectivity index (χ0n) is 16.8. The summed E-state index contributed by atoms with van der Waals surface area (Å²) in [6.45, 7) is 3.78. The number of benzene rings is 2. The van der Waals surface area contributed by atoms with Crippen LogP contribution < -0.4 is 10.9 Å². The van der Waals surface area contributed by atoms with Gasteiger partial charge in [0.1, 0.15) is 0 Å². The summed E-state index contributed by atoms with van der Waals surface area (Å²) in [6.07, 6.45) is 2.14. The van der Waals surface area contributed by atoms with Gasteiger partial charge in [-0.3, -0.25) is 4.79 Å². The molecule has 1 aliphatic rings. The molecule has 0 bridgehead atoms. The molecule has 4 rings (SSSR count). The molecule has 5 nitrogen and oxygen atoms in total. The van der Waals surface area contributed by atoms with Crippen molar-refractivity contribution in [2.45, 2.75) is 32.4 Å². The topological polar surface area (TPSA) is 57.4 Å². The number of aromatic amines is 1. The first-order chi connectivity index (χ1) is 14.5. The molecule has 156 valence electrons. The van der Waals surface area contributed by atoms with Gasteiger partial charge in [0, 0.05) is 29.4 Å². The van der Waals surface area contributed by atoms with Gasteiger partial charge >= 0.3 is 0 Å². The van der Waals surface area contributed by atoms with E-state index in [-0.39, 0.29) is 11.7 Å². The van der Waals surface area contributed by atoms with Crippen molar-refractivity contribution in [1.29, 1.82) is 0 Å². The van der Waals surface area contributed by atoms with Crippen molar-refractivity contribution >= 4 is 45.5 Å². The number of nitrogens with one attached hydrogen (secondary N) is 2. The lowest BCUT2D eigenvalue weighted by Crippen LogP contribution is -2.40. The lowest BCUT2D eigenvalue weighted by molar-refractivity contribution is 0.0904. The molecule has 1 aromatic heterocycles. The van der Waals surface area contributed by atoms with E-state index in [4.69, 9.17) is 28.6 Å². The average Bonchev–Trinajstić information content (AvgIpc) is 3.22. The Morgan fingerprint density at radius 3 is 2.90 bits per heavy atom. The predicted octanol–water partition coefficient (Wildman–Crippen LogP) is 4.87. The molecular formula is C23H24ClN3O2S. The molecule has 1 aliphatic heterocycles. The van der Waals surface area contributed by atoms with Gasteiger partial charge in [0.25, 0.3) is 5.56 Å². The van der Waals surface area contributed by atoms with Gasteiger partial charge in [-0.1, -0.05) is 35.9 Å². The third-order valence-electron chi connectivity index (χ3n) is 5.34. The summed E-state index contributed by atoms with van der Waals surface area (Å²) in [6, 6.07) is 15.4. The molecule has 1 unspecified atom stereocenters. The zero-order chi connectivity index (χ0) is 21.1. The van der Waals surface area contributed by atoms with Crippen LogP contribution in [0, 0.1) is 6.92 Å². The molecule has 0 radical (unpaired) electrons. The van der Waals surface area contributed by atoms with Gasteiger partial charge in [-0.05, 0) is 67.2 Å². The highest BCUT2D eigenvalue weighted by Crippen LogP contribution is 2.20. The minimum Gasteiger partial charge on any atom is -0.376 e. The maximum Gasteiger partial charge on any atom is 0.253 e. The van der Waals surface area contributed by atoms with E-state index in [2.05, 4.69) is 10.3 Å². The van der Waals surface area contributed by atoms with Crippen molar-refractivity contribution in [2.24, 2.45) is 0 Å². The van der Waals surface area contributed by atoms with Crippen LogP contribution in [0.2, 0.25) is 5.02 Å². The number of hydrogen-bond acceptors (Lipinski definition) is 3. The van der Waals surface area contributed by atoms with Gasteiger partial charge < -0.3 is 19.9 Å². The molecule has 30 heavy (non-hydrogen) atoms. The van der Waals surface area contributed by atoms with Gasteiger partial charge in [0.05, 0.1) is 18.2 Å². The van der Waals surface area contributed by atoms with Crippen LogP contribution in [-0.4, -0.2) is 34.3 Å². The van der Waals surface area contributed by atoms with Gasteiger partial charge in [-0.15, -0.1) is 0 Å². The summed E-state index contributed by atoms with van der Waals surface area (Å²) in [7, 11) is 0. The standard InChI is InChI=1S/C23H24ClN3O2S/c1-15-5-2-6-16-11-17(22(28)26-21(15)16)13-27(14-20-9-4-10-29-20)23(30)25-19-8-3-7-18(24)12-19/h2-3,5-8,11-12,20H,4,9-10,13-14H2,1H3,(H,25,30)(H,26,28). The Labute approximate surface area is 186 Å². The second-order valence-corrected chi connectivity index (χ2v) is 8.44. The van der Waals surface area contributed by atoms with Gasteiger partial charge in [-0.2, -0.15) is 0 Å². The van der Waals surface area contributed by atoms with Crippen molar-refractivity contribution < 1.29 is 4.74 Å². The molecule has 1 fully saturated rings. The Morgan fingerprint density at radius 1 is 1.30 bits per heavy atom. The molecule has 1 atom stereocenters. The molecule has 1 saturated heterocycles. The largest absolute Gasteiger partial charge is 0.376 e. The number of hydrogen-bond donors (Lipinski definition) is 2. The minimum atomic E-state index is -0.0975. The molecule has 0 spiro atoms. The Morgan fingerprint density at radius 2 is 2.13 bits per heavy atom. The third-order valence-corrected chi connectivity index (χ3v) is 5.93. The predicted molar refractivity (Wildman–Crippen MR) is 126 cm³/mol. The Balaban J connectivity index is 1.60. The van der Waals surface area contributed by atoms with E-state index >= 15 is 0 Å². The van der Waals surface area contributed by atoms with Crippen LogP contribution in [0.5, 0.6) is 0 Å². The second-order valence-electron chi connectivity index (χ2n) is 7.62. The first-order valence-electron chi connectivity index (χ1n) is 10.0. The SMILES string of the molecule is Cc1cccc2cc(CN(CC3CCCO3)C(=S)Nc3cccc(Cl)c3)c(=O)[nH]c12. The van der Waals surface area contributed by atoms with E-state index in [0.717, 1.165) is 41.6 Å². The highest BCUT2D eigenvalue weighted by molar-refractivity contribution is 7.80. The fourth-order valence-electron chi connectivity index (χ4n) is 3.77. The number of halogens is 1. The van der Waals surface area contributed by atoms with E-state index < -0.39 is 0 Å². The fourth-order valence-corrected chi connectivity index (χ4v) is 4.22. The molecule has 0 aliphatic carbocycles. The third kappa shape index (κ3) is 4.83. The summed E-state index contributed by atoms with van der Waals surface area (Å²) in [5, 5.41) is 5.43. The Hall–Kier alpha value is -2.41. The van der Waals surface area contributed by atoms with Crippen molar-refractivity contribution in [3.63, 3.8) is 0 Å². The Bertz CT molecular complexity index is 1120. The van der Waals surface area contributed by atoms with E-state index in [1.54, 1.807) is 0 Å². The number of thiocarbonyl (C=S) groups is 1. The van der Waals surface area contributed by atoms with Crippen molar-refractivity contribution in [2.75, 3.05) is 18.5 Å².